The molecule has 21 heavy (non-hydrogen) atoms. The Hall–Kier alpha value is -1.72. The highest BCUT2D eigenvalue weighted by Crippen LogP contribution is 2.31. The Morgan fingerprint density at radius 2 is 1.76 bits per heavy atom. The Labute approximate surface area is 125 Å². The van der Waals surface area contributed by atoms with Crippen LogP contribution in [0, 0.1) is 0 Å². The molecule has 0 bridgehead atoms. The van der Waals surface area contributed by atoms with Crippen LogP contribution >= 0.6 is 11.6 Å². The molecule has 1 unspecified atom stereocenters. The third-order valence-electron chi connectivity index (χ3n) is 2.89. The molecule has 2 N–H and O–H groups in total. The van der Waals surface area contributed by atoms with Gasteiger partial charge < -0.3 is 10.5 Å². The summed E-state index contributed by atoms with van der Waals surface area (Å²) < 4.78 is 40.6. The van der Waals surface area contributed by atoms with Crippen molar-refractivity contribution in [2.75, 3.05) is 0 Å². The number of alkyl halides is 3. The van der Waals surface area contributed by atoms with Crippen LogP contribution in [-0.4, -0.2) is 6.36 Å². The highest BCUT2D eigenvalue weighted by atomic mass is 35.5. The van der Waals surface area contributed by atoms with Gasteiger partial charge in [0.2, 0.25) is 0 Å². The van der Waals surface area contributed by atoms with E-state index >= 15 is 0 Å². The van der Waals surface area contributed by atoms with Gasteiger partial charge in [0.25, 0.3) is 0 Å². The summed E-state index contributed by atoms with van der Waals surface area (Å²) >= 11 is 6.13. The summed E-state index contributed by atoms with van der Waals surface area (Å²) in [6, 6.07) is 10.7. The van der Waals surface area contributed by atoms with Crippen LogP contribution in [0.25, 0.3) is 11.1 Å². The maximum absolute atomic E-state index is 12.2. The van der Waals surface area contributed by atoms with E-state index in [4.69, 9.17) is 17.3 Å². The molecule has 2 rings (SSSR count). The molecular weight excluding hydrogens is 303 g/mol. The van der Waals surface area contributed by atoms with Crippen molar-refractivity contribution in [3.8, 4) is 16.9 Å². The van der Waals surface area contributed by atoms with Gasteiger partial charge in [-0.2, -0.15) is 0 Å². The molecule has 1 atom stereocenters. The van der Waals surface area contributed by atoms with Crippen LogP contribution < -0.4 is 10.5 Å². The van der Waals surface area contributed by atoms with Crippen molar-refractivity contribution in [2.45, 2.75) is 19.3 Å². The fourth-order valence-electron chi connectivity index (χ4n) is 1.95. The predicted octanol–water partition coefficient (Wildman–Crippen LogP) is 4.93. The van der Waals surface area contributed by atoms with Crippen LogP contribution in [0.15, 0.2) is 42.5 Å². The van der Waals surface area contributed by atoms with Gasteiger partial charge in [0.05, 0.1) is 0 Å². The standard InChI is InChI=1S/C15H13ClF3NO/c1-9(20)13-6-5-11(8-14(13)16)10-3-2-4-12(7-10)21-15(17,18)19/h2-9H,20H2,1H3. The Morgan fingerprint density at radius 3 is 2.33 bits per heavy atom. The molecule has 0 spiro atoms. The number of nitrogens with two attached hydrogens (primary N) is 1. The second-order valence-corrected chi connectivity index (χ2v) is 5.01. The molecule has 0 saturated heterocycles. The van der Waals surface area contributed by atoms with Crippen molar-refractivity contribution in [3.05, 3.63) is 53.1 Å². The number of ether oxygens (including phenoxy) is 1. The number of benzene rings is 2. The maximum Gasteiger partial charge on any atom is 0.573 e. The molecule has 0 aliphatic heterocycles. The number of hydrogen-bond donors (Lipinski definition) is 1. The molecule has 6 heteroatoms. The van der Waals surface area contributed by atoms with E-state index < -0.39 is 6.36 Å². The molecule has 0 saturated carbocycles. The van der Waals surface area contributed by atoms with E-state index in [2.05, 4.69) is 4.74 Å². The first-order chi connectivity index (χ1) is 9.76. The summed E-state index contributed by atoms with van der Waals surface area (Å²) in [5.74, 6) is -0.271. The van der Waals surface area contributed by atoms with E-state index in [9.17, 15) is 13.2 Å². The summed E-state index contributed by atoms with van der Waals surface area (Å²) in [5.41, 5.74) is 7.82. The normalized spacial score (nSPS) is 13.0. The highest BCUT2D eigenvalue weighted by Gasteiger charge is 2.31. The largest absolute Gasteiger partial charge is 0.573 e. The van der Waals surface area contributed by atoms with Gasteiger partial charge in [0, 0.05) is 11.1 Å². The average Bonchev–Trinajstić information content (AvgIpc) is 2.36. The lowest BCUT2D eigenvalue weighted by molar-refractivity contribution is -0.274. The SMILES string of the molecule is CC(N)c1ccc(-c2cccc(OC(F)(F)F)c2)cc1Cl. The van der Waals surface area contributed by atoms with E-state index in [0.717, 1.165) is 5.56 Å². The van der Waals surface area contributed by atoms with Crippen LogP contribution in [0.4, 0.5) is 13.2 Å². The smallest absolute Gasteiger partial charge is 0.406 e. The molecule has 2 aromatic rings. The summed E-state index contributed by atoms with van der Waals surface area (Å²) in [7, 11) is 0. The summed E-state index contributed by atoms with van der Waals surface area (Å²) in [6.07, 6.45) is -4.71. The molecule has 2 aromatic carbocycles. The van der Waals surface area contributed by atoms with Gasteiger partial charge in [-0.3, -0.25) is 0 Å². The third-order valence-corrected chi connectivity index (χ3v) is 3.22. The number of rotatable bonds is 3. The molecule has 2 nitrogen and oxygen atoms in total. The second kappa shape index (κ2) is 5.95. The van der Waals surface area contributed by atoms with Crippen molar-refractivity contribution in [2.24, 2.45) is 5.73 Å². The molecular formula is C15H13ClF3NO. The lowest BCUT2D eigenvalue weighted by Crippen LogP contribution is -2.17. The van der Waals surface area contributed by atoms with Gasteiger partial charge in [-0.15, -0.1) is 13.2 Å². The first-order valence-electron chi connectivity index (χ1n) is 6.17. The Morgan fingerprint density at radius 1 is 1.10 bits per heavy atom. The summed E-state index contributed by atoms with van der Waals surface area (Å²) in [5, 5.41) is 0.477. The quantitative estimate of drug-likeness (QED) is 0.872. The van der Waals surface area contributed by atoms with E-state index in [1.807, 2.05) is 0 Å². The van der Waals surface area contributed by atoms with Crippen LogP contribution in [-0.2, 0) is 0 Å². The Kier molecular flexibility index (Phi) is 4.44. The molecule has 0 aromatic heterocycles. The van der Waals surface area contributed by atoms with Gasteiger partial charge in [-0.25, -0.2) is 0 Å². The number of halogens is 4. The topological polar surface area (TPSA) is 35.2 Å². The van der Waals surface area contributed by atoms with Crippen molar-refractivity contribution in [1.82, 2.24) is 0 Å². The van der Waals surface area contributed by atoms with Crippen molar-refractivity contribution < 1.29 is 17.9 Å². The molecule has 0 amide bonds. The van der Waals surface area contributed by atoms with Crippen LogP contribution in [0.5, 0.6) is 5.75 Å². The van der Waals surface area contributed by atoms with Gasteiger partial charge in [0.15, 0.2) is 0 Å². The van der Waals surface area contributed by atoms with E-state index in [-0.39, 0.29) is 11.8 Å². The minimum Gasteiger partial charge on any atom is -0.406 e. The first kappa shape index (κ1) is 15.7. The van der Waals surface area contributed by atoms with E-state index in [1.54, 1.807) is 31.2 Å². The zero-order chi connectivity index (χ0) is 15.6. The fraction of sp³-hybridized carbons (Fsp3) is 0.200. The molecule has 0 aliphatic rings. The summed E-state index contributed by atoms with van der Waals surface area (Å²) in [4.78, 5) is 0. The minimum atomic E-state index is -4.71. The van der Waals surface area contributed by atoms with E-state index in [0.29, 0.717) is 16.1 Å². The lowest BCUT2D eigenvalue weighted by Gasteiger charge is -2.12. The van der Waals surface area contributed by atoms with Gasteiger partial charge >= 0.3 is 6.36 Å². The lowest BCUT2D eigenvalue weighted by atomic mass is 10.0. The Bertz CT molecular complexity index is 641. The predicted molar refractivity (Wildman–Crippen MR) is 76.2 cm³/mol. The van der Waals surface area contributed by atoms with Crippen molar-refractivity contribution in [1.29, 1.82) is 0 Å². The minimum absolute atomic E-state index is 0.216. The number of hydrogen-bond acceptors (Lipinski definition) is 2. The first-order valence-corrected chi connectivity index (χ1v) is 6.55. The van der Waals surface area contributed by atoms with Gasteiger partial charge in [0.1, 0.15) is 5.75 Å². The monoisotopic (exact) mass is 315 g/mol. The molecule has 0 aliphatic carbocycles. The molecule has 0 fully saturated rings. The zero-order valence-corrected chi connectivity index (χ0v) is 11.9. The fourth-order valence-corrected chi connectivity index (χ4v) is 2.30. The van der Waals surface area contributed by atoms with Crippen molar-refractivity contribution >= 4 is 11.6 Å². The second-order valence-electron chi connectivity index (χ2n) is 4.60. The van der Waals surface area contributed by atoms with Gasteiger partial charge in [-0.05, 0) is 41.8 Å². The molecule has 0 radical (unpaired) electrons. The maximum atomic E-state index is 12.2. The summed E-state index contributed by atoms with van der Waals surface area (Å²) in [6.45, 7) is 1.80. The average molecular weight is 316 g/mol. The Balaban J connectivity index is 2.34. The third kappa shape index (κ3) is 4.12. The molecule has 112 valence electrons. The van der Waals surface area contributed by atoms with E-state index in [1.165, 1.54) is 18.2 Å². The van der Waals surface area contributed by atoms with Crippen LogP contribution in [0.3, 0.4) is 0 Å². The van der Waals surface area contributed by atoms with Crippen LogP contribution in [0.1, 0.15) is 18.5 Å². The van der Waals surface area contributed by atoms with Gasteiger partial charge in [-0.1, -0.05) is 35.9 Å². The van der Waals surface area contributed by atoms with Crippen LogP contribution in [0.2, 0.25) is 5.02 Å². The van der Waals surface area contributed by atoms with Crippen molar-refractivity contribution in [3.63, 3.8) is 0 Å². The highest BCUT2D eigenvalue weighted by molar-refractivity contribution is 6.31. The molecule has 0 heterocycles. The zero-order valence-electron chi connectivity index (χ0n) is 11.1.